The van der Waals surface area contributed by atoms with Gasteiger partial charge in [-0.15, -0.1) is 0 Å². The molecule has 2 aromatic carbocycles. The number of pyridine rings is 1. The summed E-state index contributed by atoms with van der Waals surface area (Å²) in [5, 5.41) is 5.72. The van der Waals surface area contributed by atoms with E-state index < -0.39 is 0 Å². The first-order valence-electron chi connectivity index (χ1n) is 8.69. The average Bonchev–Trinajstić information content (AvgIpc) is 2.70. The van der Waals surface area contributed by atoms with Crippen molar-refractivity contribution in [2.75, 3.05) is 5.32 Å². The Kier molecular flexibility index (Phi) is 5.61. The highest BCUT2D eigenvalue weighted by molar-refractivity contribution is 6.05. The zero-order chi connectivity index (χ0) is 19.2. The van der Waals surface area contributed by atoms with Gasteiger partial charge in [-0.1, -0.05) is 6.07 Å². The van der Waals surface area contributed by atoms with Crippen molar-refractivity contribution in [3.05, 3.63) is 94.8 Å². The molecule has 27 heavy (non-hydrogen) atoms. The van der Waals surface area contributed by atoms with Crippen LogP contribution in [0.15, 0.2) is 67.0 Å². The molecule has 0 saturated carbocycles. The molecule has 0 spiro atoms. The molecular weight excluding hydrogens is 338 g/mol. The molecule has 0 bridgehead atoms. The smallest absolute Gasteiger partial charge is 0.255 e. The van der Waals surface area contributed by atoms with Crippen LogP contribution in [0, 0.1) is 13.8 Å². The van der Waals surface area contributed by atoms with Gasteiger partial charge in [0.25, 0.3) is 11.8 Å². The Labute approximate surface area is 158 Å². The Hall–Kier alpha value is -3.47. The second kappa shape index (κ2) is 8.27. The fourth-order valence-corrected chi connectivity index (χ4v) is 2.58. The van der Waals surface area contributed by atoms with E-state index in [9.17, 15) is 9.59 Å². The molecule has 0 atom stereocenters. The van der Waals surface area contributed by atoms with Crippen LogP contribution >= 0.6 is 0 Å². The molecule has 0 aliphatic heterocycles. The first kappa shape index (κ1) is 18.3. The van der Waals surface area contributed by atoms with E-state index in [2.05, 4.69) is 15.6 Å². The van der Waals surface area contributed by atoms with Crippen LogP contribution in [-0.4, -0.2) is 16.8 Å². The molecule has 0 aliphatic carbocycles. The van der Waals surface area contributed by atoms with Gasteiger partial charge in [0.15, 0.2) is 0 Å². The predicted octanol–water partition coefficient (Wildman–Crippen LogP) is 3.88. The Bertz CT molecular complexity index is 951. The molecule has 0 unspecified atom stereocenters. The van der Waals surface area contributed by atoms with Crippen molar-refractivity contribution in [3.63, 3.8) is 0 Å². The van der Waals surface area contributed by atoms with E-state index in [1.54, 1.807) is 36.7 Å². The van der Waals surface area contributed by atoms with Crippen molar-refractivity contribution in [2.24, 2.45) is 0 Å². The standard InChI is InChI=1S/C22H21N3O2/c1-15-3-8-20(13-16(15)2)25-22(27)19-6-4-18(5-7-19)21(26)24-14-17-9-11-23-12-10-17/h3-13H,14H2,1-2H3,(H,24,26)(H,25,27). The first-order valence-corrected chi connectivity index (χ1v) is 8.69. The minimum absolute atomic E-state index is 0.187. The Balaban J connectivity index is 1.61. The molecule has 0 aliphatic rings. The van der Waals surface area contributed by atoms with Crippen molar-refractivity contribution in [2.45, 2.75) is 20.4 Å². The van der Waals surface area contributed by atoms with Crippen LogP contribution in [0.3, 0.4) is 0 Å². The molecule has 0 fully saturated rings. The molecule has 0 radical (unpaired) electrons. The molecule has 1 aromatic heterocycles. The number of carbonyl (C=O) groups excluding carboxylic acids is 2. The maximum Gasteiger partial charge on any atom is 0.255 e. The lowest BCUT2D eigenvalue weighted by molar-refractivity contribution is 0.0949. The van der Waals surface area contributed by atoms with Gasteiger partial charge >= 0.3 is 0 Å². The summed E-state index contributed by atoms with van der Waals surface area (Å²) in [6.45, 7) is 4.46. The van der Waals surface area contributed by atoms with Crippen molar-refractivity contribution < 1.29 is 9.59 Å². The summed E-state index contributed by atoms with van der Waals surface area (Å²) in [6, 6.07) is 16.1. The number of amides is 2. The molecule has 1 heterocycles. The lowest BCUT2D eigenvalue weighted by Crippen LogP contribution is -2.23. The molecule has 3 rings (SSSR count). The lowest BCUT2D eigenvalue weighted by atomic mass is 10.1. The van der Waals surface area contributed by atoms with Crippen molar-refractivity contribution in [3.8, 4) is 0 Å². The highest BCUT2D eigenvalue weighted by Crippen LogP contribution is 2.15. The minimum atomic E-state index is -0.206. The molecular formula is C22H21N3O2. The summed E-state index contributed by atoms with van der Waals surface area (Å²) in [5.41, 5.74) is 5.03. The molecule has 2 N–H and O–H groups in total. The van der Waals surface area contributed by atoms with Crippen LogP contribution in [-0.2, 0) is 6.54 Å². The number of carbonyl (C=O) groups is 2. The van der Waals surface area contributed by atoms with Crippen LogP contribution < -0.4 is 10.6 Å². The van der Waals surface area contributed by atoms with E-state index in [4.69, 9.17) is 0 Å². The predicted molar refractivity (Wildman–Crippen MR) is 106 cm³/mol. The second-order valence-corrected chi connectivity index (χ2v) is 6.37. The van der Waals surface area contributed by atoms with Crippen LogP contribution in [0.1, 0.15) is 37.4 Å². The van der Waals surface area contributed by atoms with Crippen LogP contribution in [0.2, 0.25) is 0 Å². The van der Waals surface area contributed by atoms with Gasteiger partial charge in [0.1, 0.15) is 0 Å². The first-order chi connectivity index (χ1) is 13.0. The van der Waals surface area contributed by atoms with Gasteiger partial charge in [-0.05, 0) is 79.1 Å². The monoisotopic (exact) mass is 359 g/mol. The molecule has 136 valence electrons. The topological polar surface area (TPSA) is 71.1 Å². The molecule has 3 aromatic rings. The molecule has 5 nitrogen and oxygen atoms in total. The third kappa shape index (κ3) is 4.79. The highest BCUT2D eigenvalue weighted by atomic mass is 16.2. The second-order valence-electron chi connectivity index (χ2n) is 6.37. The van der Waals surface area contributed by atoms with Gasteiger partial charge in [0, 0.05) is 35.8 Å². The fraction of sp³-hybridized carbons (Fsp3) is 0.136. The third-order valence-corrected chi connectivity index (χ3v) is 4.38. The van der Waals surface area contributed by atoms with Gasteiger partial charge in [0.05, 0.1) is 0 Å². The number of anilines is 1. The average molecular weight is 359 g/mol. The van der Waals surface area contributed by atoms with Crippen molar-refractivity contribution >= 4 is 17.5 Å². The zero-order valence-corrected chi connectivity index (χ0v) is 15.3. The number of benzene rings is 2. The molecule has 5 heteroatoms. The van der Waals surface area contributed by atoms with E-state index >= 15 is 0 Å². The molecule has 2 amide bonds. The van der Waals surface area contributed by atoms with E-state index in [0.29, 0.717) is 17.7 Å². The maximum absolute atomic E-state index is 12.4. The van der Waals surface area contributed by atoms with Gasteiger partial charge in [0.2, 0.25) is 0 Å². The lowest BCUT2D eigenvalue weighted by Gasteiger charge is -2.09. The number of hydrogen-bond acceptors (Lipinski definition) is 3. The number of nitrogens with one attached hydrogen (secondary N) is 2. The Morgan fingerprint density at radius 1 is 0.815 bits per heavy atom. The quantitative estimate of drug-likeness (QED) is 0.726. The van der Waals surface area contributed by atoms with Crippen LogP contribution in [0.25, 0.3) is 0 Å². The number of aromatic nitrogens is 1. The van der Waals surface area contributed by atoms with E-state index in [-0.39, 0.29) is 11.8 Å². The number of nitrogens with zero attached hydrogens (tertiary/aromatic N) is 1. The van der Waals surface area contributed by atoms with Crippen LogP contribution in [0.5, 0.6) is 0 Å². The van der Waals surface area contributed by atoms with Crippen molar-refractivity contribution in [1.82, 2.24) is 10.3 Å². The van der Waals surface area contributed by atoms with Gasteiger partial charge in [-0.3, -0.25) is 14.6 Å². The van der Waals surface area contributed by atoms with Gasteiger partial charge < -0.3 is 10.6 Å². The van der Waals surface area contributed by atoms with Gasteiger partial charge in [-0.2, -0.15) is 0 Å². The fourth-order valence-electron chi connectivity index (χ4n) is 2.58. The largest absolute Gasteiger partial charge is 0.348 e. The maximum atomic E-state index is 12.4. The minimum Gasteiger partial charge on any atom is -0.348 e. The molecule has 0 saturated heterocycles. The Morgan fingerprint density at radius 3 is 2.07 bits per heavy atom. The highest BCUT2D eigenvalue weighted by Gasteiger charge is 2.09. The SMILES string of the molecule is Cc1ccc(NC(=O)c2ccc(C(=O)NCc3ccncc3)cc2)cc1C. The number of aryl methyl sites for hydroxylation is 2. The van der Waals surface area contributed by atoms with Gasteiger partial charge in [-0.25, -0.2) is 0 Å². The van der Waals surface area contributed by atoms with Crippen molar-refractivity contribution in [1.29, 1.82) is 0 Å². The van der Waals surface area contributed by atoms with E-state index in [0.717, 1.165) is 16.8 Å². The zero-order valence-electron chi connectivity index (χ0n) is 15.3. The summed E-state index contributed by atoms with van der Waals surface area (Å²) in [7, 11) is 0. The van der Waals surface area contributed by atoms with E-state index in [1.165, 1.54) is 5.56 Å². The summed E-state index contributed by atoms with van der Waals surface area (Å²) in [4.78, 5) is 28.6. The summed E-state index contributed by atoms with van der Waals surface area (Å²) in [6.07, 6.45) is 3.37. The summed E-state index contributed by atoms with van der Waals surface area (Å²) >= 11 is 0. The van der Waals surface area contributed by atoms with E-state index in [1.807, 2.05) is 44.2 Å². The van der Waals surface area contributed by atoms with Crippen LogP contribution in [0.4, 0.5) is 5.69 Å². The normalized spacial score (nSPS) is 10.3. The Morgan fingerprint density at radius 2 is 1.44 bits per heavy atom. The third-order valence-electron chi connectivity index (χ3n) is 4.38. The number of hydrogen-bond donors (Lipinski definition) is 2. The number of rotatable bonds is 5. The summed E-state index contributed by atoms with van der Waals surface area (Å²) in [5.74, 6) is -0.394. The summed E-state index contributed by atoms with van der Waals surface area (Å²) < 4.78 is 0.